The van der Waals surface area contributed by atoms with Crippen LogP contribution in [0.5, 0.6) is 0 Å². The highest BCUT2D eigenvalue weighted by molar-refractivity contribution is 6.31. The van der Waals surface area contributed by atoms with Crippen LogP contribution in [0.1, 0.15) is 0 Å². The first-order valence-corrected chi connectivity index (χ1v) is 48.4. The molecule has 0 aliphatic carbocycles. The van der Waals surface area contributed by atoms with Crippen LogP contribution in [0.15, 0.2) is 510 Å². The Balaban J connectivity index is 0.000000104. The van der Waals surface area contributed by atoms with Crippen LogP contribution in [0.2, 0.25) is 0 Å². The summed E-state index contributed by atoms with van der Waals surface area (Å²) >= 11 is 0. The Kier molecular flexibility index (Phi) is 18.9. The Labute approximate surface area is 812 Å². The molecule has 30 rings (SSSR count). The van der Waals surface area contributed by atoms with E-state index in [-0.39, 0.29) is 0 Å². The molecule has 0 unspecified atom stereocenters. The number of para-hydroxylation sites is 6. The summed E-state index contributed by atoms with van der Waals surface area (Å²) in [6.45, 7) is 0. The largest absolute Gasteiger partial charge is 0.309 e. The zero-order chi connectivity index (χ0) is 92.7. The maximum absolute atomic E-state index is 4.69. The van der Waals surface area contributed by atoms with Gasteiger partial charge in [-0.25, -0.2) is 0 Å². The van der Waals surface area contributed by atoms with Crippen molar-refractivity contribution in [2.24, 2.45) is 0 Å². The number of hydrogen-bond acceptors (Lipinski definition) is 3. The molecule has 0 spiro atoms. The molecule has 654 valence electrons. The van der Waals surface area contributed by atoms with Crippen molar-refractivity contribution in [3.05, 3.63) is 510 Å². The van der Waals surface area contributed by atoms with Gasteiger partial charge in [0.15, 0.2) is 0 Å². The number of hydrogen-bond donors (Lipinski definition) is 0. The van der Waals surface area contributed by atoms with E-state index in [1.54, 1.807) is 0 Å². The number of nitrogens with zero attached hydrogens (tertiary/aromatic N) is 6. The maximum atomic E-state index is 4.69. The van der Waals surface area contributed by atoms with E-state index in [4.69, 9.17) is 0 Å². The van der Waals surface area contributed by atoms with Crippen LogP contribution >= 0.6 is 0 Å². The van der Waals surface area contributed by atoms with E-state index in [9.17, 15) is 0 Å². The van der Waals surface area contributed by atoms with E-state index in [0.29, 0.717) is 0 Å². The third-order valence-corrected chi connectivity index (χ3v) is 29.4. The lowest BCUT2D eigenvalue weighted by Gasteiger charge is -2.16. The molecular weight excluding hydrogens is 1710 g/mol. The minimum atomic E-state index is 1.00. The summed E-state index contributed by atoms with van der Waals surface area (Å²) in [5.74, 6) is 0. The summed E-state index contributed by atoms with van der Waals surface area (Å²) in [6, 6.07) is 179. The number of aromatic nitrogens is 6. The van der Waals surface area contributed by atoms with Crippen molar-refractivity contribution in [2.75, 3.05) is 0 Å². The van der Waals surface area contributed by atoms with Gasteiger partial charge in [-0.15, -0.1) is 0 Å². The SMILES string of the molecule is c1ccc(-n2c3ccccc3c3cc(-c4ccc(-c5ccc6ccc7c(-c8ccccn8)ccc8ccc5c6c87)cc4)ccc32)cc1.c1ccc(-n2c3ccccc3c3ccc(-c4ccc(-c5ccc6ccc7c(-c8ccccn8)ccc8ccc5c6c87)cc4)cc32)cc1.c1ccc(-n2c3ccccc3c3ccc(-c4cccc(-c5ccc6ccc7c(-c8ccccn8)ccc8ccc5c6c87)c4)cc32)cc1. The first-order valence-electron chi connectivity index (χ1n) is 48.4. The molecule has 0 radical (unpaired) electrons. The van der Waals surface area contributed by atoms with Gasteiger partial charge in [-0.1, -0.05) is 370 Å². The highest BCUT2D eigenvalue weighted by atomic mass is 15.0. The number of pyridine rings is 3. The first-order chi connectivity index (χ1) is 69.9. The van der Waals surface area contributed by atoms with Gasteiger partial charge in [0.2, 0.25) is 0 Å². The minimum Gasteiger partial charge on any atom is -0.309 e. The normalized spacial score (nSPS) is 11.8. The molecule has 6 aromatic heterocycles. The average molecular weight is 1790 g/mol. The van der Waals surface area contributed by atoms with Crippen molar-refractivity contribution in [2.45, 2.75) is 0 Å². The molecule has 30 aromatic rings. The zero-order valence-electron chi connectivity index (χ0n) is 76.7. The highest BCUT2D eigenvalue weighted by Crippen LogP contribution is 2.49. The summed E-state index contributed by atoms with van der Waals surface area (Å²) < 4.78 is 7.13. The van der Waals surface area contributed by atoms with Crippen molar-refractivity contribution < 1.29 is 0 Å². The molecule has 0 N–H and O–H groups in total. The molecule has 0 aliphatic rings. The summed E-state index contributed by atoms with van der Waals surface area (Å²) in [5, 5.41) is 30.6. The third-order valence-electron chi connectivity index (χ3n) is 29.4. The molecular formula is C135H84N6. The molecule has 141 heavy (non-hydrogen) atoms. The lowest BCUT2D eigenvalue weighted by atomic mass is 9.87. The second-order valence-corrected chi connectivity index (χ2v) is 37.1. The molecule has 6 heteroatoms. The van der Waals surface area contributed by atoms with Crippen molar-refractivity contribution in [1.82, 2.24) is 28.7 Å². The van der Waals surface area contributed by atoms with E-state index < -0.39 is 0 Å². The Morgan fingerprint density at radius 2 is 0.376 bits per heavy atom. The highest BCUT2D eigenvalue weighted by Gasteiger charge is 2.24. The fourth-order valence-electron chi connectivity index (χ4n) is 23.0. The molecule has 0 bridgehead atoms. The molecule has 0 aliphatic heterocycles. The van der Waals surface area contributed by atoms with Gasteiger partial charge >= 0.3 is 0 Å². The fraction of sp³-hybridized carbons (Fsp3) is 0. The van der Waals surface area contributed by atoms with E-state index in [1.807, 2.05) is 36.8 Å². The molecule has 24 aromatic carbocycles. The fourth-order valence-corrected chi connectivity index (χ4v) is 23.0. The Hall–Kier alpha value is -18.8. The lowest BCUT2D eigenvalue weighted by Crippen LogP contribution is -1.93. The average Bonchev–Trinajstić information content (AvgIpc) is 1.72. The van der Waals surface area contributed by atoms with Crippen LogP contribution in [0.4, 0.5) is 0 Å². The van der Waals surface area contributed by atoms with Crippen LogP contribution in [-0.4, -0.2) is 28.7 Å². The maximum Gasteiger partial charge on any atom is 0.0708 e. The minimum absolute atomic E-state index is 1.00. The third kappa shape index (κ3) is 13.4. The first kappa shape index (κ1) is 80.7. The molecule has 6 heterocycles. The van der Waals surface area contributed by atoms with Gasteiger partial charge in [-0.2, -0.15) is 0 Å². The van der Waals surface area contributed by atoms with E-state index in [0.717, 1.165) is 17.1 Å². The molecule has 0 fully saturated rings. The van der Waals surface area contributed by atoms with Gasteiger partial charge in [0, 0.05) is 84.7 Å². The smallest absolute Gasteiger partial charge is 0.0708 e. The predicted molar refractivity (Wildman–Crippen MR) is 596 cm³/mol. The second-order valence-electron chi connectivity index (χ2n) is 37.1. The summed E-state index contributed by atoms with van der Waals surface area (Å²) in [4.78, 5) is 14.0. The molecule has 6 nitrogen and oxygen atoms in total. The van der Waals surface area contributed by atoms with E-state index in [2.05, 4.69) is 502 Å². The van der Waals surface area contributed by atoms with Crippen molar-refractivity contribution in [3.8, 4) is 118 Å². The van der Waals surface area contributed by atoms with Crippen molar-refractivity contribution in [1.29, 1.82) is 0 Å². The molecule has 0 atom stereocenters. The van der Waals surface area contributed by atoms with Crippen molar-refractivity contribution in [3.63, 3.8) is 0 Å². The second kappa shape index (κ2) is 33.1. The topological polar surface area (TPSA) is 53.5 Å². The van der Waals surface area contributed by atoms with Gasteiger partial charge in [-0.3, -0.25) is 15.0 Å². The van der Waals surface area contributed by atoms with Crippen LogP contribution in [0, 0.1) is 0 Å². The number of rotatable bonds is 12. The predicted octanol–water partition coefficient (Wildman–Crippen LogP) is 36.2. The summed E-state index contributed by atoms with van der Waals surface area (Å²) in [5.41, 5.74) is 32.0. The summed E-state index contributed by atoms with van der Waals surface area (Å²) in [7, 11) is 0. The molecule has 0 saturated carbocycles. The van der Waals surface area contributed by atoms with Crippen molar-refractivity contribution >= 4 is 162 Å². The Morgan fingerprint density at radius 1 is 0.128 bits per heavy atom. The van der Waals surface area contributed by atoms with Gasteiger partial charge in [0.1, 0.15) is 0 Å². The lowest BCUT2D eigenvalue weighted by molar-refractivity contribution is 1.18. The van der Waals surface area contributed by atoms with Gasteiger partial charge in [0.25, 0.3) is 0 Å². The number of fused-ring (bicyclic) bond motifs is 9. The van der Waals surface area contributed by atoms with E-state index >= 15 is 0 Å². The Morgan fingerprint density at radius 3 is 0.745 bits per heavy atom. The summed E-state index contributed by atoms with van der Waals surface area (Å²) in [6.07, 6.45) is 5.61. The van der Waals surface area contributed by atoms with Gasteiger partial charge < -0.3 is 13.7 Å². The van der Waals surface area contributed by atoms with Crippen LogP contribution < -0.4 is 0 Å². The molecule has 0 saturated heterocycles. The van der Waals surface area contributed by atoms with Gasteiger partial charge in [0.05, 0.1) is 50.2 Å². The van der Waals surface area contributed by atoms with Crippen LogP contribution in [0.3, 0.4) is 0 Å². The van der Waals surface area contributed by atoms with Gasteiger partial charge in [-0.05, 0) is 285 Å². The quantitative estimate of drug-likeness (QED) is 0.115. The van der Waals surface area contributed by atoms with Crippen LogP contribution in [0.25, 0.3) is 280 Å². The number of benzene rings is 24. The van der Waals surface area contributed by atoms with E-state index in [1.165, 1.54) is 263 Å². The Bertz CT molecular complexity index is 10100. The standard InChI is InChI=1S/3C45H28N2/c1-2-11-34(12-3-1)47-42-15-5-4-13-37(42)38-23-20-32(28-43(38)47)31-9-8-10-33(27-31)35-21-16-29-19-25-40-36(41-14-6-7-26-46-41)22-17-30-18-24-39(35)44(29)45(30)40;1-2-8-34(9-3-1)47-42-12-5-4-10-37(42)38-24-21-33(28-43(38)47)29-13-15-30(16-14-29)35-22-17-31-20-26-40-36(41-11-6-7-27-46-41)23-18-32-19-25-39(35)44(31)45(32)40;1-2-8-34(9-3-1)47-42-12-5-4-10-37(42)40-28-33(21-26-43(40)47)29-13-15-30(16-14-29)35-22-17-31-20-25-39-36(41-11-6-7-27-46-41)23-18-32-19-24-38(35)44(31)45(32)39/h3*1-28H. The zero-order valence-corrected chi connectivity index (χ0v) is 76.7. The van der Waals surface area contributed by atoms with Crippen LogP contribution in [-0.2, 0) is 0 Å². The monoisotopic (exact) mass is 1790 g/mol. The molecule has 0 amide bonds.